The fourth-order valence-electron chi connectivity index (χ4n) is 1.81. The van der Waals surface area contributed by atoms with E-state index in [4.69, 9.17) is 0 Å². The van der Waals surface area contributed by atoms with Crippen molar-refractivity contribution < 1.29 is 4.92 Å². The Morgan fingerprint density at radius 2 is 2.05 bits per heavy atom. The lowest BCUT2D eigenvalue weighted by atomic mass is 10.2. The fourth-order valence-corrected chi connectivity index (χ4v) is 1.81. The molecule has 1 unspecified atom stereocenters. The van der Waals surface area contributed by atoms with Crippen LogP contribution < -0.4 is 10.2 Å². The van der Waals surface area contributed by atoms with Crippen LogP contribution in [0.1, 0.15) is 39.3 Å². The molecule has 0 aliphatic rings. The van der Waals surface area contributed by atoms with Crippen LogP contribution in [0.2, 0.25) is 0 Å². The summed E-state index contributed by atoms with van der Waals surface area (Å²) in [7, 11) is 1.83. The third kappa shape index (κ3) is 3.55. The molecule has 0 aliphatic carbocycles. The van der Waals surface area contributed by atoms with Crippen LogP contribution in [0.3, 0.4) is 0 Å². The van der Waals surface area contributed by atoms with Crippen molar-refractivity contribution in [3.05, 3.63) is 15.8 Å². The van der Waals surface area contributed by atoms with Gasteiger partial charge in [0.25, 0.3) is 0 Å². The largest absolute Gasteiger partial charge is 0.354 e. The molecule has 7 heteroatoms. The molecule has 0 aliphatic heterocycles. The number of aromatic nitrogens is 2. The third-order valence-electron chi connectivity index (χ3n) is 3.34. The van der Waals surface area contributed by atoms with E-state index >= 15 is 0 Å². The Bertz CT molecular complexity index is 478. The van der Waals surface area contributed by atoms with Gasteiger partial charge >= 0.3 is 5.69 Å². The van der Waals surface area contributed by atoms with Crippen LogP contribution in [-0.4, -0.2) is 34.5 Å². The van der Waals surface area contributed by atoms with Crippen LogP contribution in [-0.2, 0) is 0 Å². The molecule has 0 amide bonds. The SMILES string of the molecule is CCCNc1nc(C)c([N+](=O)[O-])c(N(C)C(C)CC)n1. The first-order valence-electron chi connectivity index (χ1n) is 6.92. The molecule has 0 spiro atoms. The van der Waals surface area contributed by atoms with Crippen molar-refractivity contribution in [1.29, 1.82) is 0 Å². The summed E-state index contributed by atoms with van der Waals surface area (Å²) in [6, 6.07) is 0.169. The summed E-state index contributed by atoms with van der Waals surface area (Å²) in [5.74, 6) is 0.815. The van der Waals surface area contributed by atoms with Crippen molar-refractivity contribution in [1.82, 2.24) is 9.97 Å². The zero-order valence-corrected chi connectivity index (χ0v) is 12.8. The van der Waals surface area contributed by atoms with Crippen molar-refractivity contribution in [2.45, 2.75) is 46.6 Å². The quantitative estimate of drug-likeness (QED) is 0.611. The molecule has 0 fully saturated rings. The zero-order chi connectivity index (χ0) is 15.3. The van der Waals surface area contributed by atoms with Gasteiger partial charge in [0.15, 0.2) is 0 Å². The minimum Gasteiger partial charge on any atom is -0.354 e. The number of anilines is 2. The van der Waals surface area contributed by atoms with Crippen molar-refractivity contribution in [2.75, 3.05) is 23.8 Å². The lowest BCUT2D eigenvalue weighted by molar-refractivity contribution is -0.385. The molecule has 20 heavy (non-hydrogen) atoms. The van der Waals surface area contributed by atoms with E-state index in [0.29, 0.717) is 17.5 Å². The standard InChI is InChI=1S/C13H23N5O2/c1-6-8-14-13-15-10(4)11(18(19)20)12(16-13)17(5)9(3)7-2/h9H,6-8H2,1-5H3,(H,14,15,16). The summed E-state index contributed by atoms with van der Waals surface area (Å²) in [5.41, 5.74) is 0.364. The summed E-state index contributed by atoms with van der Waals surface area (Å²) < 4.78 is 0. The maximum absolute atomic E-state index is 11.3. The van der Waals surface area contributed by atoms with E-state index in [-0.39, 0.29) is 11.7 Å². The molecule has 7 nitrogen and oxygen atoms in total. The Labute approximate surface area is 119 Å². The number of hydrogen-bond acceptors (Lipinski definition) is 6. The number of rotatable bonds is 7. The summed E-state index contributed by atoms with van der Waals surface area (Å²) in [4.78, 5) is 21.2. The molecule has 0 saturated heterocycles. The zero-order valence-electron chi connectivity index (χ0n) is 12.8. The normalized spacial score (nSPS) is 12.1. The van der Waals surface area contributed by atoms with Crippen LogP contribution in [0.4, 0.5) is 17.5 Å². The Morgan fingerprint density at radius 3 is 2.55 bits per heavy atom. The Morgan fingerprint density at radius 1 is 1.40 bits per heavy atom. The first-order chi connectivity index (χ1) is 9.42. The van der Waals surface area contributed by atoms with E-state index in [1.165, 1.54) is 0 Å². The second-order valence-corrected chi connectivity index (χ2v) is 4.86. The second-order valence-electron chi connectivity index (χ2n) is 4.86. The average Bonchev–Trinajstić information content (AvgIpc) is 2.42. The maximum Gasteiger partial charge on any atom is 0.332 e. The predicted molar refractivity (Wildman–Crippen MR) is 80.4 cm³/mol. The number of nitrogens with zero attached hydrogens (tertiary/aromatic N) is 4. The first kappa shape index (κ1) is 16.1. The molecular formula is C13H23N5O2. The van der Waals surface area contributed by atoms with Gasteiger partial charge in [0.05, 0.1) is 4.92 Å². The summed E-state index contributed by atoms with van der Waals surface area (Å²) in [5, 5.41) is 14.3. The topological polar surface area (TPSA) is 84.2 Å². The molecule has 1 aromatic heterocycles. The lowest BCUT2D eigenvalue weighted by Crippen LogP contribution is -2.30. The molecule has 0 saturated carbocycles. The lowest BCUT2D eigenvalue weighted by Gasteiger charge is -2.25. The van der Waals surface area contributed by atoms with Gasteiger partial charge < -0.3 is 10.2 Å². The highest BCUT2D eigenvalue weighted by Crippen LogP contribution is 2.30. The van der Waals surface area contributed by atoms with E-state index in [0.717, 1.165) is 19.4 Å². The summed E-state index contributed by atoms with van der Waals surface area (Å²) >= 11 is 0. The minimum absolute atomic E-state index is 0.0187. The number of aryl methyl sites for hydroxylation is 1. The van der Waals surface area contributed by atoms with Gasteiger partial charge in [-0.15, -0.1) is 0 Å². The van der Waals surface area contributed by atoms with Gasteiger partial charge in [0, 0.05) is 19.6 Å². The molecular weight excluding hydrogens is 258 g/mol. The van der Waals surface area contributed by atoms with Crippen LogP contribution >= 0.6 is 0 Å². The predicted octanol–water partition coefficient (Wildman–Crippen LogP) is 2.75. The van der Waals surface area contributed by atoms with Crippen molar-refractivity contribution in [3.63, 3.8) is 0 Å². The summed E-state index contributed by atoms with van der Waals surface area (Å²) in [6.45, 7) is 8.48. The molecule has 0 aromatic carbocycles. The molecule has 0 radical (unpaired) electrons. The fraction of sp³-hybridized carbons (Fsp3) is 0.692. The molecule has 1 atom stereocenters. The highest BCUT2D eigenvalue weighted by Gasteiger charge is 2.26. The second kappa shape index (κ2) is 7.02. The Balaban J connectivity index is 3.28. The van der Waals surface area contributed by atoms with E-state index in [2.05, 4.69) is 15.3 Å². The van der Waals surface area contributed by atoms with E-state index in [9.17, 15) is 10.1 Å². The monoisotopic (exact) mass is 281 g/mol. The molecule has 1 rings (SSSR count). The Hall–Kier alpha value is -1.92. The molecule has 112 valence electrons. The molecule has 1 N–H and O–H groups in total. The third-order valence-corrected chi connectivity index (χ3v) is 3.34. The van der Waals surface area contributed by atoms with E-state index in [1.807, 2.05) is 32.7 Å². The van der Waals surface area contributed by atoms with Crippen LogP contribution in [0.5, 0.6) is 0 Å². The average molecular weight is 281 g/mol. The number of hydrogen-bond donors (Lipinski definition) is 1. The molecule has 1 heterocycles. The van der Waals surface area contributed by atoms with Crippen molar-refractivity contribution >= 4 is 17.5 Å². The highest BCUT2D eigenvalue weighted by molar-refractivity contribution is 5.62. The van der Waals surface area contributed by atoms with Gasteiger partial charge in [-0.1, -0.05) is 13.8 Å². The maximum atomic E-state index is 11.3. The summed E-state index contributed by atoms with van der Waals surface area (Å²) in [6.07, 6.45) is 1.82. The number of nitro groups is 1. The Kier molecular flexibility index (Phi) is 5.66. The van der Waals surface area contributed by atoms with E-state index in [1.54, 1.807) is 6.92 Å². The van der Waals surface area contributed by atoms with Gasteiger partial charge in [0.1, 0.15) is 5.69 Å². The highest BCUT2D eigenvalue weighted by atomic mass is 16.6. The van der Waals surface area contributed by atoms with Gasteiger partial charge in [-0.3, -0.25) is 10.1 Å². The van der Waals surface area contributed by atoms with Crippen molar-refractivity contribution in [3.8, 4) is 0 Å². The number of nitrogens with one attached hydrogen (secondary N) is 1. The van der Waals surface area contributed by atoms with Gasteiger partial charge in [0.2, 0.25) is 11.8 Å². The molecule has 1 aromatic rings. The van der Waals surface area contributed by atoms with Gasteiger partial charge in [-0.05, 0) is 26.7 Å². The van der Waals surface area contributed by atoms with Crippen LogP contribution in [0, 0.1) is 17.0 Å². The van der Waals surface area contributed by atoms with Crippen LogP contribution in [0.25, 0.3) is 0 Å². The van der Waals surface area contributed by atoms with Crippen LogP contribution in [0.15, 0.2) is 0 Å². The van der Waals surface area contributed by atoms with E-state index < -0.39 is 4.92 Å². The van der Waals surface area contributed by atoms with Gasteiger partial charge in [-0.2, -0.15) is 4.98 Å². The van der Waals surface area contributed by atoms with Gasteiger partial charge in [-0.25, -0.2) is 4.98 Å². The minimum atomic E-state index is -0.410. The van der Waals surface area contributed by atoms with Crippen molar-refractivity contribution in [2.24, 2.45) is 0 Å². The molecule has 0 bridgehead atoms. The smallest absolute Gasteiger partial charge is 0.332 e. The first-order valence-corrected chi connectivity index (χ1v) is 6.92.